The van der Waals surface area contributed by atoms with Crippen LogP contribution >= 0.6 is 0 Å². The van der Waals surface area contributed by atoms with Crippen LogP contribution in [0.15, 0.2) is 77.7 Å². The van der Waals surface area contributed by atoms with Gasteiger partial charge in [0.15, 0.2) is 0 Å². The number of hydrogen-bond donors (Lipinski definition) is 2. The molecule has 0 radical (unpaired) electrons. The molecule has 0 saturated heterocycles. The number of hydrogen-bond acceptors (Lipinski definition) is 4. The highest BCUT2D eigenvalue weighted by molar-refractivity contribution is 6.38. The predicted molar refractivity (Wildman–Crippen MR) is 109 cm³/mol. The zero-order valence-electron chi connectivity index (χ0n) is 15.8. The second-order valence-electron chi connectivity index (χ2n) is 6.65. The number of nitrogens with zero attached hydrogens (tertiary/aromatic N) is 1. The smallest absolute Gasteiger partial charge is 0.376 e. The average Bonchev–Trinajstić information content (AvgIpc) is 2.72. The van der Waals surface area contributed by atoms with Crippen molar-refractivity contribution in [1.29, 1.82) is 0 Å². The van der Waals surface area contributed by atoms with Crippen LogP contribution in [0.25, 0.3) is 5.76 Å². The lowest BCUT2D eigenvalue weighted by Crippen LogP contribution is -2.25. The summed E-state index contributed by atoms with van der Waals surface area (Å²) in [5, 5.41) is 19.0. The molecule has 0 aliphatic heterocycles. The fraction of sp³-hybridized carbons (Fsp3) is 0.0870. The van der Waals surface area contributed by atoms with E-state index in [4.69, 9.17) is 5.11 Å². The first-order valence-corrected chi connectivity index (χ1v) is 9.04. The van der Waals surface area contributed by atoms with E-state index in [0.717, 1.165) is 5.56 Å². The molecule has 0 atom stereocenters. The van der Waals surface area contributed by atoms with Crippen molar-refractivity contribution >= 4 is 17.5 Å². The molecule has 7 heteroatoms. The second kappa shape index (κ2) is 9.00. The van der Waals surface area contributed by atoms with Crippen LogP contribution in [0.2, 0.25) is 0 Å². The minimum Gasteiger partial charge on any atom is -0.507 e. The highest BCUT2D eigenvalue weighted by Crippen LogP contribution is 2.15. The molecule has 2 aromatic carbocycles. The molecule has 0 bridgehead atoms. The van der Waals surface area contributed by atoms with Gasteiger partial charge >= 0.3 is 5.97 Å². The maximum absolute atomic E-state index is 14.1. The number of carboxylic acids is 1. The van der Waals surface area contributed by atoms with Gasteiger partial charge in [-0.05, 0) is 29.7 Å². The third-order valence-electron chi connectivity index (χ3n) is 4.45. The number of carbonyl (C=O) groups excluding carboxylic acids is 1. The number of aromatic nitrogens is 1. The first kappa shape index (κ1) is 20.7. The molecule has 0 aliphatic rings. The Balaban J connectivity index is 2.09. The minimum absolute atomic E-state index is 0.0959. The van der Waals surface area contributed by atoms with Crippen molar-refractivity contribution in [3.63, 3.8) is 0 Å². The van der Waals surface area contributed by atoms with Crippen molar-refractivity contribution < 1.29 is 24.2 Å². The first-order valence-electron chi connectivity index (χ1n) is 9.04. The Morgan fingerprint density at radius 2 is 1.63 bits per heavy atom. The quantitative estimate of drug-likeness (QED) is 0.356. The van der Waals surface area contributed by atoms with Crippen LogP contribution < -0.4 is 5.56 Å². The van der Waals surface area contributed by atoms with Gasteiger partial charge in [0, 0.05) is 17.8 Å². The summed E-state index contributed by atoms with van der Waals surface area (Å²) >= 11 is 0. The van der Waals surface area contributed by atoms with Crippen molar-refractivity contribution in [3.05, 3.63) is 111 Å². The molecule has 0 fully saturated rings. The molecule has 0 unspecified atom stereocenters. The maximum atomic E-state index is 14.1. The number of carbonyl (C=O) groups is 2. The van der Waals surface area contributed by atoms with Crippen LogP contribution in [0.5, 0.6) is 0 Å². The third kappa shape index (κ3) is 4.88. The van der Waals surface area contributed by atoms with E-state index in [2.05, 4.69) is 0 Å². The standard InChI is InChI=1S/C23H18FNO5/c24-19-9-5-4-8-17(19)14-25-13-16(10-15-6-2-1-3-7-15)11-18(22(25)28)20(26)12-21(27)23(29)30/h1-9,11-13,26H,10,14H2,(H,29,30)/b20-12-. The van der Waals surface area contributed by atoms with Gasteiger partial charge in [0.2, 0.25) is 0 Å². The SMILES string of the molecule is O=C(O)C(=O)/C=C(\O)c1cc(Cc2ccccc2)cn(Cc2ccccc2F)c1=O. The fourth-order valence-electron chi connectivity index (χ4n) is 3.00. The van der Waals surface area contributed by atoms with Crippen LogP contribution in [-0.2, 0) is 22.6 Å². The largest absolute Gasteiger partial charge is 0.507 e. The van der Waals surface area contributed by atoms with Gasteiger partial charge in [-0.3, -0.25) is 9.59 Å². The monoisotopic (exact) mass is 407 g/mol. The molecule has 30 heavy (non-hydrogen) atoms. The van der Waals surface area contributed by atoms with Gasteiger partial charge in [-0.2, -0.15) is 0 Å². The molecule has 0 aliphatic carbocycles. The van der Waals surface area contributed by atoms with Crippen LogP contribution in [0, 0.1) is 5.82 Å². The Hall–Kier alpha value is -4.00. The molecule has 0 spiro atoms. The summed E-state index contributed by atoms with van der Waals surface area (Å²) in [6.07, 6.45) is 2.45. The van der Waals surface area contributed by atoms with Gasteiger partial charge in [-0.25, -0.2) is 9.18 Å². The number of pyridine rings is 1. The van der Waals surface area contributed by atoms with E-state index in [0.29, 0.717) is 18.1 Å². The van der Waals surface area contributed by atoms with Gasteiger partial charge in [-0.15, -0.1) is 0 Å². The number of aliphatic carboxylic acids is 1. The number of halogens is 1. The van der Waals surface area contributed by atoms with E-state index < -0.39 is 28.9 Å². The molecular formula is C23H18FNO5. The number of benzene rings is 2. The number of aliphatic hydroxyl groups is 1. The van der Waals surface area contributed by atoms with Gasteiger partial charge in [0.1, 0.15) is 11.6 Å². The van der Waals surface area contributed by atoms with Gasteiger partial charge in [-0.1, -0.05) is 48.5 Å². The fourth-order valence-corrected chi connectivity index (χ4v) is 3.00. The summed E-state index contributed by atoms with van der Waals surface area (Å²) in [4.78, 5) is 35.1. The average molecular weight is 407 g/mol. The molecule has 3 aromatic rings. The van der Waals surface area contributed by atoms with E-state index in [9.17, 15) is 23.9 Å². The van der Waals surface area contributed by atoms with Crippen LogP contribution in [0.1, 0.15) is 22.3 Å². The molecule has 0 saturated carbocycles. The van der Waals surface area contributed by atoms with Gasteiger partial charge in [0.05, 0.1) is 12.1 Å². The number of rotatable bonds is 7. The summed E-state index contributed by atoms with van der Waals surface area (Å²) in [6, 6.07) is 16.7. The van der Waals surface area contributed by atoms with E-state index in [1.165, 1.54) is 28.8 Å². The predicted octanol–water partition coefficient (Wildman–Crippen LogP) is 3.18. The van der Waals surface area contributed by atoms with E-state index in [1.54, 1.807) is 12.3 Å². The Labute approximate surface area is 171 Å². The summed E-state index contributed by atoms with van der Waals surface area (Å²) in [5.41, 5.74) is 0.906. The normalized spacial score (nSPS) is 11.3. The van der Waals surface area contributed by atoms with E-state index in [-0.39, 0.29) is 17.7 Å². The van der Waals surface area contributed by atoms with Crippen molar-refractivity contribution in [3.8, 4) is 0 Å². The summed E-state index contributed by atoms with van der Waals surface area (Å²) in [7, 11) is 0. The zero-order chi connectivity index (χ0) is 21.7. The summed E-state index contributed by atoms with van der Waals surface area (Å²) < 4.78 is 15.3. The molecule has 0 amide bonds. The zero-order valence-corrected chi connectivity index (χ0v) is 15.8. The van der Waals surface area contributed by atoms with Gasteiger partial charge in [0.25, 0.3) is 11.3 Å². The lowest BCUT2D eigenvalue weighted by atomic mass is 10.0. The Bertz CT molecular complexity index is 1180. The summed E-state index contributed by atoms with van der Waals surface area (Å²) in [5.74, 6) is -4.36. The van der Waals surface area contributed by atoms with Crippen molar-refractivity contribution in [2.45, 2.75) is 13.0 Å². The lowest BCUT2D eigenvalue weighted by molar-refractivity contribution is -0.146. The maximum Gasteiger partial charge on any atom is 0.376 e. The topological polar surface area (TPSA) is 96.6 Å². The van der Waals surface area contributed by atoms with Crippen molar-refractivity contribution in [2.24, 2.45) is 0 Å². The summed E-state index contributed by atoms with van der Waals surface area (Å²) in [6.45, 7) is -0.0959. The molecule has 2 N–H and O–H groups in total. The molecule has 1 aromatic heterocycles. The number of aliphatic hydroxyl groups excluding tert-OH is 1. The van der Waals surface area contributed by atoms with E-state index in [1.807, 2.05) is 30.3 Å². The molecule has 1 heterocycles. The highest BCUT2D eigenvalue weighted by atomic mass is 19.1. The van der Waals surface area contributed by atoms with Crippen molar-refractivity contribution in [2.75, 3.05) is 0 Å². The van der Waals surface area contributed by atoms with Crippen LogP contribution in [0.4, 0.5) is 4.39 Å². The molecule has 152 valence electrons. The Morgan fingerprint density at radius 1 is 0.967 bits per heavy atom. The van der Waals surface area contributed by atoms with Crippen molar-refractivity contribution in [1.82, 2.24) is 4.57 Å². The first-order chi connectivity index (χ1) is 14.3. The highest BCUT2D eigenvalue weighted by Gasteiger charge is 2.16. The Kier molecular flexibility index (Phi) is 6.22. The van der Waals surface area contributed by atoms with Crippen LogP contribution in [-0.4, -0.2) is 26.5 Å². The minimum atomic E-state index is -1.76. The van der Waals surface area contributed by atoms with Gasteiger partial charge < -0.3 is 14.8 Å². The van der Waals surface area contributed by atoms with Crippen LogP contribution in [0.3, 0.4) is 0 Å². The molecule has 6 nitrogen and oxygen atoms in total. The van der Waals surface area contributed by atoms with E-state index >= 15 is 0 Å². The third-order valence-corrected chi connectivity index (χ3v) is 4.45. The Morgan fingerprint density at radius 3 is 2.30 bits per heavy atom. The second-order valence-corrected chi connectivity index (χ2v) is 6.65. The lowest BCUT2D eigenvalue weighted by Gasteiger charge is -2.13. The molecular weight excluding hydrogens is 389 g/mol. The number of ketones is 1. The molecule has 3 rings (SSSR count). The number of carboxylic acid groups (broad SMARTS) is 1.